The average Bonchev–Trinajstić information content (AvgIpc) is 2.85. The van der Waals surface area contributed by atoms with Crippen molar-refractivity contribution < 1.29 is 4.79 Å². The molecule has 8 nitrogen and oxygen atoms in total. The van der Waals surface area contributed by atoms with Gasteiger partial charge in [-0.3, -0.25) is 9.69 Å². The minimum Gasteiger partial charge on any atom is -0.378 e. The Hall–Kier alpha value is -3.64. The van der Waals surface area contributed by atoms with Crippen LogP contribution in [0.25, 0.3) is 11.1 Å². The lowest BCUT2D eigenvalue weighted by molar-refractivity contribution is 0.105. The van der Waals surface area contributed by atoms with Crippen LogP contribution in [0.15, 0.2) is 48.5 Å². The molecule has 1 aliphatic rings. The molecule has 0 aliphatic carbocycles. The summed E-state index contributed by atoms with van der Waals surface area (Å²) < 4.78 is 0. The fraction of sp³-hybridized carbons (Fsp3) is 0.269. The number of carbonyl (C=O) groups excluding carboxylic acids is 1. The Kier molecular flexibility index (Phi) is 7.83. The number of nitrogens with one attached hydrogen (secondary N) is 2. The number of hydrogen-bond acceptors (Lipinski definition) is 8. The van der Waals surface area contributed by atoms with Gasteiger partial charge in [-0.25, -0.2) is 4.98 Å². The Morgan fingerprint density at radius 2 is 1.89 bits per heavy atom. The summed E-state index contributed by atoms with van der Waals surface area (Å²) in [6.45, 7) is 4.15. The van der Waals surface area contributed by atoms with E-state index >= 15 is 0 Å². The van der Waals surface area contributed by atoms with Crippen molar-refractivity contribution in [1.29, 1.82) is 0 Å². The fourth-order valence-corrected chi connectivity index (χ4v) is 4.01. The van der Waals surface area contributed by atoms with Gasteiger partial charge in [0.25, 0.3) is 0 Å². The fourth-order valence-electron chi connectivity index (χ4n) is 3.75. The summed E-state index contributed by atoms with van der Waals surface area (Å²) in [4.78, 5) is 25.3. The van der Waals surface area contributed by atoms with Gasteiger partial charge < -0.3 is 21.3 Å². The van der Waals surface area contributed by atoms with Crippen LogP contribution in [0.4, 0.5) is 23.1 Å². The van der Waals surface area contributed by atoms with Crippen LogP contribution in [0.1, 0.15) is 10.4 Å². The van der Waals surface area contributed by atoms with Crippen molar-refractivity contribution in [1.82, 2.24) is 20.2 Å². The van der Waals surface area contributed by atoms with E-state index in [1.165, 1.54) is 0 Å². The average molecular weight is 490 g/mol. The van der Waals surface area contributed by atoms with E-state index in [4.69, 9.17) is 17.3 Å². The molecular weight excluding hydrogens is 462 g/mol. The molecule has 180 valence electrons. The summed E-state index contributed by atoms with van der Waals surface area (Å²) in [7, 11) is 4.03. The number of ketones is 1. The molecule has 2 aromatic carbocycles. The van der Waals surface area contributed by atoms with Gasteiger partial charge in [0.1, 0.15) is 16.5 Å². The molecule has 35 heavy (non-hydrogen) atoms. The second-order valence-corrected chi connectivity index (χ2v) is 8.76. The van der Waals surface area contributed by atoms with Gasteiger partial charge >= 0.3 is 0 Å². The number of piperazine rings is 1. The minimum atomic E-state index is -0.454. The molecular formula is C26H28ClN7O. The monoisotopic (exact) mass is 489 g/mol. The number of nitrogens with zero attached hydrogens (tertiary/aromatic N) is 4. The normalized spacial score (nSPS) is 13.6. The zero-order chi connectivity index (χ0) is 24.8. The number of halogens is 1. The van der Waals surface area contributed by atoms with Gasteiger partial charge in [-0.15, -0.1) is 0 Å². The molecule has 4 rings (SSSR count). The predicted octanol–water partition coefficient (Wildman–Crippen LogP) is 3.28. The van der Waals surface area contributed by atoms with Crippen LogP contribution in [-0.4, -0.2) is 67.5 Å². The lowest BCUT2D eigenvalue weighted by Gasteiger charge is -2.24. The van der Waals surface area contributed by atoms with Gasteiger partial charge in [-0.1, -0.05) is 41.8 Å². The van der Waals surface area contributed by atoms with Crippen LogP contribution in [0.3, 0.4) is 0 Å². The zero-order valence-corrected chi connectivity index (χ0v) is 20.6. The quantitative estimate of drug-likeness (QED) is 0.210. The lowest BCUT2D eigenvalue weighted by Crippen LogP contribution is -2.43. The molecule has 3 aromatic rings. The topological polar surface area (TPSA) is 99.4 Å². The first-order valence-corrected chi connectivity index (χ1v) is 11.7. The maximum atomic E-state index is 12.9. The first-order valence-electron chi connectivity index (χ1n) is 11.3. The number of hydrogen-bond donors (Lipinski definition) is 3. The molecule has 0 amide bonds. The van der Waals surface area contributed by atoms with Gasteiger partial charge in [0.05, 0.1) is 6.54 Å². The number of benzene rings is 2. The molecule has 0 saturated carbocycles. The third-order valence-corrected chi connectivity index (χ3v) is 5.94. The SMILES string of the molecule is CN(C)c1cccc(-c2ccc(Nc3nc(N)nc(Cl)c3C(=O)C#CCN3CCNCC3)cc2)c1. The number of aromatic nitrogens is 2. The second kappa shape index (κ2) is 11.2. The van der Waals surface area contributed by atoms with E-state index in [1.54, 1.807) is 0 Å². The van der Waals surface area contributed by atoms with Gasteiger partial charge in [0.2, 0.25) is 11.7 Å². The predicted molar refractivity (Wildman–Crippen MR) is 142 cm³/mol. The molecule has 0 spiro atoms. The van der Waals surface area contributed by atoms with E-state index in [2.05, 4.69) is 60.4 Å². The van der Waals surface area contributed by atoms with E-state index in [0.717, 1.165) is 48.7 Å². The summed E-state index contributed by atoms with van der Waals surface area (Å²) in [6, 6.07) is 16.1. The Bertz CT molecular complexity index is 1260. The maximum absolute atomic E-state index is 12.9. The Morgan fingerprint density at radius 3 is 2.60 bits per heavy atom. The summed E-state index contributed by atoms with van der Waals surface area (Å²) in [6.07, 6.45) is 0. The molecule has 1 aromatic heterocycles. The highest BCUT2D eigenvalue weighted by molar-refractivity contribution is 6.35. The Labute approximate surface area is 210 Å². The van der Waals surface area contributed by atoms with Crippen molar-refractivity contribution in [2.45, 2.75) is 0 Å². The van der Waals surface area contributed by atoms with Crippen molar-refractivity contribution in [2.75, 3.05) is 62.8 Å². The minimum absolute atomic E-state index is 0.0278. The van der Waals surface area contributed by atoms with Gasteiger partial charge in [0, 0.05) is 51.6 Å². The van der Waals surface area contributed by atoms with Crippen molar-refractivity contribution >= 4 is 40.5 Å². The van der Waals surface area contributed by atoms with Crippen LogP contribution in [0.5, 0.6) is 0 Å². The maximum Gasteiger partial charge on any atom is 0.242 e. The van der Waals surface area contributed by atoms with Gasteiger partial charge in [-0.2, -0.15) is 4.98 Å². The number of Topliss-reactive ketones (excluding diaryl/α,β-unsaturated/α-hetero) is 1. The van der Waals surface area contributed by atoms with Crippen LogP contribution in [-0.2, 0) is 0 Å². The second-order valence-electron chi connectivity index (χ2n) is 8.40. The number of rotatable bonds is 6. The van der Waals surface area contributed by atoms with Crippen molar-refractivity contribution in [3.05, 3.63) is 59.2 Å². The summed E-state index contributed by atoms with van der Waals surface area (Å²) in [5, 5.41) is 6.41. The summed E-state index contributed by atoms with van der Waals surface area (Å²) in [5.74, 6) is 5.37. The number of carbonyl (C=O) groups is 1. The molecule has 1 saturated heterocycles. The molecule has 1 aliphatic heterocycles. The highest BCUT2D eigenvalue weighted by atomic mass is 35.5. The molecule has 0 atom stereocenters. The smallest absolute Gasteiger partial charge is 0.242 e. The number of anilines is 4. The van der Waals surface area contributed by atoms with E-state index < -0.39 is 5.78 Å². The van der Waals surface area contributed by atoms with Gasteiger partial charge in [-0.05, 0) is 41.3 Å². The summed E-state index contributed by atoms with van der Waals surface area (Å²) in [5.41, 5.74) is 9.94. The van der Waals surface area contributed by atoms with Crippen LogP contribution < -0.4 is 21.3 Å². The molecule has 1 fully saturated rings. The van der Waals surface area contributed by atoms with E-state index in [9.17, 15) is 4.79 Å². The standard InChI is InChI=1S/C26H28ClN7O/c1-33(2)21-6-3-5-19(17-21)18-8-10-20(11-9-18)30-25-23(24(27)31-26(28)32-25)22(35)7-4-14-34-15-12-29-13-16-34/h3,5-6,8-11,17,29H,12-16H2,1-2H3,(H3,28,30,31,32). The zero-order valence-electron chi connectivity index (χ0n) is 19.8. The Balaban J connectivity index is 1.53. The molecule has 2 heterocycles. The molecule has 4 N–H and O–H groups in total. The van der Waals surface area contributed by atoms with Crippen LogP contribution in [0, 0.1) is 11.8 Å². The third kappa shape index (κ3) is 6.28. The number of nitrogen functional groups attached to an aromatic ring is 1. The first-order chi connectivity index (χ1) is 16.9. The molecule has 0 bridgehead atoms. The number of nitrogens with two attached hydrogens (primary N) is 1. The van der Waals surface area contributed by atoms with E-state index in [1.807, 2.05) is 44.4 Å². The van der Waals surface area contributed by atoms with Crippen LogP contribution in [0.2, 0.25) is 5.15 Å². The highest BCUT2D eigenvalue weighted by Gasteiger charge is 2.19. The van der Waals surface area contributed by atoms with Crippen LogP contribution >= 0.6 is 11.6 Å². The lowest BCUT2D eigenvalue weighted by atomic mass is 10.0. The van der Waals surface area contributed by atoms with Crippen molar-refractivity contribution in [3.8, 4) is 23.0 Å². The third-order valence-electron chi connectivity index (χ3n) is 5.67. The molecule has 0 radical (unpaired) electrons. The molecule has 9 heteroatoms. The Morgan fingerprint density at radius 1 is 1.14 bits per heavy atom. The van der Waals surface area contributed by atoms with Gasteiger partial charge in [0.15, 0.2) is 0 Å². The summed E-state index contributed by atoms with van der Waals surface area (Å²) >= 11 is 6.29. The first kappa shape index (κ1) is 24.5. The van der Waals surface area contributed by atoms with E-state index in [0.29, 0.717) is 6.54 Å². The largest absolute Gasteiger partial charge is 0.378 e. The molecule has 0 unspecified atom stereocenters. The van der Waals surface area contributed by atoms with Crippen molar-refractivity contribution in [3.63, 3.8) is 0 Å². The van der Waals surface area contributed by atoms with E-state index in [-0.39, 0.29) is 22.5 Å². The highest BCUT2D eigenvalue weighted by Crippen LogP contribution is 2.28. The van der Waals surface area contributed by atoms with Crippen molar-refractivity contribution in [2.24, 2.45) is 0 Å².